The topological polar surface area (TPSA) is 24.6 Å². The molecule has 0 unspecified atom stereocenters. The fourth-order valence-electron chi connectivity index (χ4n) is 12.9. The highest BCUT2D eigenvalue weighted by Crippen LogP contribution is 2.53. The Kier molecular flexibility index (Phi) is 9.87. The first-order valence-corrected chi connectivity index (χ1v) is 26.1. The molecule has 0 saturated carbocycles. The van der Waals surface area contributed by atoms with Gasteiger partial charge in [0.05, 0.1) is 11.0 Å². The van der Waals surface area contributed by atoms with Crippen molar-refractivity contribution in [2.75, 3.05) is 9.71 Å². The van der Waals surface area contributed by atoms with Crippen molar-refractivity contribution in [1.82, 2.24) is 4.57 Å². The van der Waals surface area contributed by atoms with Crippen LogP contribution in [0.2, 0.25) is 0 Å². The number of aryl methyl sites for hydroxylation is 3. The fraction of sp³-hybridized carbons (Fsp3) is 0.262. The van der Waals surface area contributed by atoms with Crippen LogP contribution in [0.15, 0.2) is 156 Å². The average molecular weight is 912 g/mol. The maximum Gasteiger partial charge on any atom is 0.333 e. The van der Waals surface area contributed by atoms with Crippen molar-refractivity contribution in [1.29, 1.82) is 0 Å². The van der Waals surface area contributed by atoms with Gasteiger partial charge in [-0.05, 0) is 168 Å². The van der Waals surface area contributed by atoms with Crippen LogP contribution in [0, 0.1) is 6.92 Å². The van der Waals surface area contributed by atoms with Gasteiger partial charge in [-0.25, -0.2) is 0 Å². The smallest absolute Gasteiger partial charge is 0.333 e. The predicted molar refractivity (Wildman–Crippen MR) is 299 cm³/mol. The number of unbranched alkanes of at least 4 members (excludes halogenated alkanes) is 2. The van der Waals surface area contributed by atoms with E-state index in [1.807, 2.05) is 0 Å². The summed E-state index contributed by atoms with van der Waals surface area (Å²) in [6.45, 7) is 16.7. The molecule has 0 fully saturated rings. The number of benzene rings is 8. The van der Waals surface area contributed by atoms with E-state index in [1.165, 1.54) is 108 Å². The Bertz CT molecular complexity index is 3690. The molecule has 0 spiro atoms. The van der Waals surface area contributed by atoms with Crippen molar-refractivity contribution in [2.24, 2.45) is 0 Å². The quantitative estimate of drug-likeness (QED) is 0.128. The van der Waals surface area contributed by atoms with E-state index in [0.717, 1.165) is 71.1 Å². The number of hydrogen-bond donors (Lipinski definition) is 0. The molecular weight excluding hydrogens is 850 g/mol. The summed E-state index contributed by atoms with van der Waals surface area (Å²) < 4.78 is 9.86. The summed E-state index contributed by atoms with van der Waals surface area (Å²) in [4.78, 5) is 5.21. The number of aromatic nitrogens is 1. The predicted octanol–water partition coefficient (Wildman–Crippen LogP) is 16.7. The lowest BCUT2D eigenvalue weighted by atomic mass is 9.43. The van der Waals surface area contributed by atoms with E-state index in [0.29, 0.717) is 0 Å². The second-order valence-electron chi connectivity index (χ2n) is 22.1. The number of fused-ring (bicyclic) bond motifs is 12. The molecule has 13 rings (SSSR count). The third-order valence-electron chi connectivity index (χ3n) is 16.6. The van der Waals surface area contributed by atoms with Crippen LogP contribution in [0.4, 0.5) is 28.4 Å². The van der Waals surface area contributed by atoms with Gasteiger partial charge in [-0.3, -0.25) is 0 Å². The van der Waals surface area contributed by atoms with Gasteiger partial charge < -0.3 is 18.7 Å². The van der Waals surface area contributed by atoms with Gasteiger partial charge >= 0.3 is 6.85 Å². The highest BCUT2D eigenvalue weighted by molar-refractivity contribution is 6.94. The molecule has 346 valence electrons. The Labute approximate surface area is 413 Å². The second kappa shape index (κ2) is 16.0. The van der Waals surface area contributed by atoms with Crippen LogP contribution < -0.4 is 20.6 Å². The van der Waals surface area contributed by atoms with E-state index < -0.39 is 0 Å². The number of rotatable bonds is 10. The molecule has 4 heterocycles. The first-order chi connectivity index (χ1) is 34.0. The zero-order valence-electron chi connectivity index (χ0n) is 41.9. The minimum atomic E-state index is -0.149. The summed E-state index contributed by atoms with van der Waals surface area (Å²) in [5, 5.41) is 5.03. The van der Waals surface area contributed by atoms with E-state index in [4.69, 9.17) is 4.42 Å². The largest absolute Gasteiger partial charge is 0.455 e. The molecule has 2 aliphatic heterocycles. The molecule has 70 heavy (non-hydrogen) atoms. The second-order valence-corrected chi connectivity index (χ2v) is 22.1. The van der Waals surface area contributed by atoms with Crippen LogP contribution in [-0.2, 0) is 23.7 Å². The van der Waals surface area contributed by atoms with Crippen molar-refractivity contribution in [3.8, 4) is 16.8 Å². The van der Waals surface area contributed by atoms with Gasteiger partial charge in [0.15, 0.2) is 0 Å². The number of para-hydroxylation sites is 3. The van der Waals surface area contributed by atoms with Gasteiger partial charge in [0.1, 0.15) is 11.2 Å². The zero-order valence-corrected chi connectivity index (χ0v) is 41.9. The monoisotopic (exact) mass is 911 g/mol. The Hall–Kier alpha value is -6.98. The Morgan fingerprint density at radius 3 is 1.94 bits per heavy atom. The molecule has 4 nitrogen and oxygen atoms in total. The Morgan fingerprint density at radius 2 is 1.23 bits per heavy atom. The van der Waals surface area contributed by atoms with Crippen LogP contribution in [0.3, 0.4) is 0 Å². The number of furan rings is 1. The van der Waals surface area contributed by atoms with Crippen LogP contribution >= 0.6 is 0 Å². The molecule has 0 saturated heterocycles. The van der Waals surface area contributed by atoms with E-state index >= 15 is 0 Å². The molecule has 5 heteroatoms. The molecule has 0 N–H and O–H groups in total. The summed E-state index contributed by atoms with van der Waals surface area (Å²) >= 11 is 0. The first-order valence-electron chi connectivity index (χ1n) is 26.1. The van der Waals surface area contributed by atoms with Crippen molar-refractivity contribution in [3.63, 3.8) is 0 Å². The Balaban J connectivity index is 1.20. The normalized spacial score (nSPS) is 15.2. The molecule has 0 radical (unpaired) electrons. The molecule has 0 atom stereocenters. The molecular formula is C65H62BN3O. The molecule has 0 bridgehead atoms. The van der Waals surface area contributed by atoms with E-state index in [1.54, 1.807) is 0 Å². The summed E-state index contributed by atoms with van der Waals surface area (Å²) in [7, 11) is 0. The molecule has 10 aromatic rings. The maximum atomic E-state index is 7.21. The SMILES string of the molecule is CCCCc1ccc2c(c1)c1cc(CCCC)cc3c1n2-c1cc2c(oc4ccccc42)c2c1B3N(c1cc3c(cc1C)C(C)(C)CCC3(C)C)c1cc(N(c3ccccc3)c3ccccc3)ccc1-2. The van der Waals surface area contributed by atoms with E-state index in [2.05, 4.69) is 214 Å². The van der Waals surface area contributed by atoms with Crippen molar-refractivity contribution >= 4 is 90.0 Å². The van der Waals surface area contributed by atoms with Gasteiger partial charge in [-0.2, -0.15) is 0 Å². The van der Waals surface area contributed by atoms with E-state index in [-0.39, 0.29) is 17.7 Å². The summed E-state index contributed by atoms with van der Waals surface area (Å²) in [5.74, 6) is 0. The van der Waals surface area contributed by atoms with Crippen molar-refractivity contribution < 1.29 is 4.42 Å². The van der Waals surface area contributed by atoms with Crippen molar-refractivity contribution in [3.05, 3.63) is 179 Å². The minimum absolute atomic E-state index is 0.0243. The lowest BCUT2D eigenvalue weighted by molar-refractivity contribution is 0.332. The molecule has 1 aliphatic carbocycles. The standard InChI is InChI=1S/C65H62BN3O/c1-8-10-20-42-28-31-55-49(35-42)50-36-43(21-11-9-2)37-54-62(50)68(55)58-39-51-47-26-18-19-27-59(47)70-63(51)60-48-30-29-46(67(44-22-14-12-15-23-44)45-24-16-13-17-25-45)38-57(48)69(66(54)61(58)60)56-40-53-52(34-41(56)3)64(4,5)32-33-65(53,6)7/h12-19,22-31,34-40H,8-11,20-21,32-33H2,1-7H3. The summed E-state index contributed by atoms with van der Waals surface area (Å²) in [5.41, 5.74) is 23.9. The summed E-state index contributed by atoms with van der Waals surface area (Å²) in [6, 6.07) is 57.8. The molecule has 8 aromatic carbocycles. The maximum absolute atomic E-state index is 7.21. The number of anilines is 5. The van der Waals surface area contributed by atoms with Gasteiger partial charge in [0, 0.05) is 66.8 Å². The van der Waals surface area contributed by atoms with Gasteiger partial charge in [-0.15, -0.1) is 0 Å². The van der Waals surface area contributed by atoms with Crippen LogP contribution in [0.1, 0.15) is 108 Å². The van der Waals surface area contributed by atoms with Crippen LogP contribution in [0.25, 0.3) is 60.6 Å². The lowest BCUT2D eigenvalue weighted by Crippen LogP contribution is -2.61. The van der Waals surface area contributed by atoms with Crippen LogP contribution in [0.5, 0.6) is 0 Å². The molecule has 3 aliphatic rings. The minimum Gasteiger partial charge on any atom is -0.455 e. The third kappa shape index (κ3) is 6.42. The Morgan fingerprint density at radius 1 is 0.571 bits per heavy atom. The highest BCUT2D eigenvalue weighted by atomic mass is 16.3. The van der Waals surface area contributed by atoms with Crippen LogP contribution in [-0.4, -0.2) is 11.4 Å². The lowest BCUT2D eigenvalue weighted by Gasteiger charge is -2.46. The van der Waals surface area contributed by atoms with Gasteiger partial charge in [-0.1, -0.05) is 133 Å². The average Bonchev–Trinajstić information content (AvgIpc) is 3.91. The number of hydrogen-bond acceptors (Lipinski definition) is 3. The summed E-state index contributed by atoms with van der Waals surface area (Å²) in [6.07, 6.45) is 9.13. The van der Waals surface area contributed by atoms with Crippen molar-refractivity contribution in [2.45, 2.75) is 111 Å². The zero-order chi connectivity index (χ0) is 47.6. The molecule has 0 amide bonds. The highest BCUT2D eigenvalue weighted by Gasteiger charge is 2.47. The number of nitrogens with zero attached hydrogens (tertiary/aromatic N) is 3. The van der Waals surface area contributed by atoms with Gasteiger partial charge in [0.25, 0.3) is 0 Å². The van der Waals surface area contributed by atoms with Gasteiger partial charge in [0.2, 0.25) is 0 Å². The third-order valence-corrected chi connectivity index (χ3v) is 16.6. The van der Waals surface area contributed by atoms with E-state index in [9.17, 15) is 0 Å². The molecule has 2 aromatic heterocycles. The first kappa shape index (κ1) is 43.1. The fourth-order valence-corrected chi connectivity index (χ4v) is 12.9.